The molecule has 130 valence electrons. The van der Waals surface area contributed by atoms with Gasteiger partial charge in [0.25, 0.3) is 0 Å². The molecule has 1 aliphatic rings. The van der Waals surface area contributed by atoms with Crippen LogP contribution >= 0.6 is 0 Å². The molecule has 0 unspecified atom stereocenters. The second-order valence-corrected chi connectivity index (χ2v) is 6.09. The van der Waals surface area contributed by atoms with E-state index in [-0.39, 0.29) is 18.0 Å². The number of anilines is 1. The number of rotatable bonds is 6. The summed E-state index contributed by atoms with van der Waals surface area (Å²) in [5.41, 5.74) is 0.689. The van der Waals surface area contributed by atoms with Crippen molar-refractivity contribution in [3.63, 3.8) is 0 Å². The zero-order chi connectivity index (χ0) is 17.5. The molecule has 5 nitrogen and oxygen atoms in total. The summed E-state index contributed by atoms with van der Waals surface area (Å²) < 4.78 is 10.7. The first-order chi connectivity index (χ1) is 11.5. The Morgan fingerprint density at radius 1 is 1.12 bits per heavy atom. The van der Waals surface area contributed by atoms with Gasteiger partial charge in [-0.15, -0.1) is 0 Å². The van der Waals surface area contributed by atoms with E-state index in [2.05, 4.69) is 5.32 Å². The number of hydrogen-bond acceptors (Lipinski definition) is 4. The molecule has 1 aromatic rings. The lowest BCUT2D eigenvalue weighted by Crippen LogP contribution is -2.36. The lowest BCUT2D eigenvalue weighted by Gasteiger charge is -2.26. The highest BCUT2D eigenvalue weighted by Crippen LogP contribution is 2.29. The average molecular weight is 331 g/mol. The van der Waals surface area contributed by atoms with E-state index < -0.39 is 11.8 Å². The molecule has 0 aromatic heterocycles. The van der Waals surface area contributed by atoms with E-state index in [4.69, 9.17) is 9.47 Å². The molecule has 0 heterocycles. The molecule has 0 aliphatic heterocycles. The Bertz CT molecular complexity index is 592. The maximum Gasteiger partial charge on any atom is 0.310 e. The number of benzene rings is 1. The third-order valence-corrected chi connectivity index (χ3v) is 3.86. The Balaban J connectivity index is 2.03. The fourth-order valence-electron chi connectivity index (χ4n) is 2.72. The first-order valence-electron chi connectivity index (χ1n) is 8.40. The third-order valence-electron chi connectivity index (χ3n) is 3.86. The molecule has 1 aromatic carbocycles. The number of allylic oxidation sites excluding steroid dienone is 2. The van der Waals surface area contributed by atoms with Gasteiger partial charge in [0, 0.05) is 5.69 Å². The molecular weight excluding hydrogens is 306 g/mol. The lowest BCUT2D eigenvalue weighted by atomic mass is 9.82. The minimum atomic E-state index is -0.430. The van der Waals surface area contributed by atoms with Crippen molar-refractivity contribution < 1.29 is 19.1 Å². The Hall–Kier alpha value is -2.30. The second kappa shape index (κ2) is 8.52. The molecule has 24 heavy (non-hydrogen) atoms. The Morgan fingerprint density at radius 2 is 1.75 bits per heavy atom. The molecule has 1 amide bonds. The molecule has 0 fully saturated rings. The number of carbonyl (C=O) groups excluding carboxylic acids is 2. The van der Waals surface area contributed by atoms with Crippen molar-refractivity contribution in [1.29, 1.82) is 0 Å². The van der Waals surface area contributed by atoms with Gasteiger partial charge in [0.15, 0.2) is 0 Å². The smallest absolute Gasteiger partial charge is 0.310 e. The normalized spacial score (nSPS) is 19.8. The van der Waals surface area contributed by atoms with Gasteiger partial charge in [-0.1, -0.05) is 12.2 Å². The first kappa shape index (κ1) is 18.0. The average Bonchev–Trinajstić information content (AvgIpc) is 2.56. The highest BCUT2D eigenvalue weighted by Gasteiger charge is 2.35. The number of nitrogens with one attached hydrogen (secondary N) is 1. The van der Waals surface area contributed by atoms with Crippen molar-refractivity contribution in [2.24, 2.45) is 11.8 Å². The van der Waals surface area contributed by atoms with Gasteiger partial charge in [-0.25, -0.2) is 0 Å². The number of amides is 1. The predicted molar refractivity (Wildman–Crippen MR) is 92.8 cm³/mol. The van der Waals surface area contributed by atoms with E-state index in [1.165, 1.54) is 0 Å². The van der Waals surface area contributed by atoms with Crippen LogP contribution in [0, 0.1) is 11.8 Å². The predicted octanol–water partition coefficient (Wildman–Crippen LogP) is 3.56. The number of hydrogen-bond donors (Lipinski definition) is 1. The molecule has 0 saturated carbocycles. The van der Waals surface area contributed by atoms with Crippen LogP contribution in [-0.4, -0.2) is 24.6 Å². The maximum absolute atomic E-state index is 12.6. The molecule has 0 spiro atoms. The summed E-state index contributed by atoms with van der Waals surface area (Å²) in [6.45, 7) is 6.14. The van der Waals surface area contributed by atoms with Crippen LogP contribution in [0.2, 0.25) is 0 Å². The van der Waals surface area contributed by atoms with Gasteiger partial charge >= 0.3 is 5.97 Å². The molecule has 0 saturated heterocycles. The van der Waals surface area contributed by atoms with Crippen LogP contribution in [0.5, 0.6) is 5.75 Å². The summed E-state index contributed by atoms with van der Waals surface area (Å²) in [5.74, 6) is -0.544. The molecule has 2 rings (SSSR count). The quantitative estimate of drug-likeness (QED) is 0.639. The van der Waals surface area contributed by atoms with Gasteiger partial charge in [0.05, 0.1) is 24.5 Å². The van der Waals surface area contributed by atoms with E-state index in [1.807, 2.05) is 45.1 Å². The molecular formula is C19H25NO4. The number of carbonyl (C=O) groups is 2. The zero-order valence-corrected chi connectivity index (χ0v) is 14.5. The van der Waals surface area contributed by atoms with E-state index in [0.717, 1.165) is 5.75 Å². The lowest BCUT2D eigenvalue weighted by molar-refractivity contribution is -0.156. The van der Waals surface area contributed by atoms with Crippen molar-refractivity contribution >= 4 is 17.6 Å². The van der Waals surface area contributed by atoms with Crippen LogP contribution in [0.4, 0.5) is 5.69 Å². The molecule has 0 radical (unpaired) electrons. The van der Waals surface area contributed by atoms with Crippen molar-refractivity contribution in [2.75, 3.05) is 11.9 Å². The van der Waals surface area contributed by atoms with Gasteiger partial charge < -0.3 is 14.8 Å². The summed E-state index contributed by atoms with van der Waals surface area (Å²) in [6.07, 6.45) is 4.78. The van der Waals surface area contributed by atoms with E-state index in [1.54, 1.807) is 12.1 Å². The molecule has 1 N–H and O–H groups in total. The number of ether oxygens (including phenoxy) is 2. The van der Waals surface area contributed by atoms with Crippen molar-refractivity contribution in [1.82, 2.24) is 0 Å². The van der Waals surface area contributed by atoms with Crippen LogP contribution in [0.3, 0.4) is 0 Å². The summed E-state index contributed by atoms with van der Waals surface area (Å²) in [5, 5.41) is 2.88. The monoisotopic (exact) mass is 331 g/mol. The summed E-state index contributed by atoms with van der Waals surface area (Å²) in [7, 11) is 0. The van der Waals surface area contributed by atoms with Gasteiger partial charge in [0.1, 0.15) is 5.75 Å². The Labute approximate surface area is 143 Å². The number of esters is 1. The van der Waals surface area contributed by atoms with Gasteiger partial charge in [-0.05, 0) is 57.9 Å². The van der Waals surface area contributed by atoms with Crippen molar-refractivity contribution in [2.45, 2.75) is 39.7 Å². The van der Waals surface area contributed by atoms with Gasteiger partial charge in [-0.3, -0.25) is 9.59 Å². The van der Waals surface area contributed by atoms with Crippen molar-refractivity contribution in [3.8, 4) is 5.75 Å². The topological polar surface area (TPSA) is 64.6 Å². The zero-order valence-electron chi connectivity index (χ0n) is 14.5. The molecule has 5 heteroatoms. The SMILES string of the molecule is CCOc1ccc(NC(=O)[C@H]2CC=CC[C@@H]2C(=O)OC(C)C)cc1. The first-order valence-corrected chi connectivity index (χ1v) is 8.40. The van der Waals surface area contributed by atoms with Crippen LogP contribution in [0.1, 0.15) is 33.6 Å². The molecule has 0 bridgehead atoms. The van der Waals surface area contributed by atoms with Crippen LogP contribution in [0.15, 0.2) is 36.4 Å². The second-order valence-electron chi connectivity index (χ2n) is 6.09. The summed E-state index contributed by atoms with van der Waals surface area (Å²) in [4.78, 5) is 24.8. The van der Waals surface area contributed by atoms with Gasteiger partial charge in [0.2, 0.25) is 5.91 Å². The van der Waals surface area contributed by atoms with E-state index >= 15 is 0 Å². The Kier molecular flexibility index (Phi) is 6.41. The largest absolute Gasteiger partial charge is 0.494 e. The van der Waals surface area contributed by atoms with Gasteiger partial charge in [-0.2, -0.15) is 0 Å². The fraction of sp³-hybridized carbons (Fsp3) is 0.474. The minimum Gasteiger partial charge on any atom is -0.494 e. The molecule has 2 atom stereocenters. The highest BCUT2D eigenvalue weighted by molar-refractivity contribution is 5.95. The van der Waals surface area contributed by atoms with E-state index in [0.29, 0.717) is 25.1 Å². The van der Waals surface area contributed by atoms with Crippen LogP contribution in [-0.2, 0) is 14.3 Å². The standard InChI is InChI=1S/C19H25NO4/c1-4-23-15-11-9-14(10-12-15)20-18(21)16-7-5-6-8-17(16)19(22)24-13(2)3/h5-6,9-13,16-17H,4,7-8H2,1-3H3,(H,20,21)/t16-,17-/m0/s1. The molecule has 1 aliphatic carbocycles. The Morgan fingerprint density at radius 3 is 2.33 bits per heavy atom. The fourth-order valence-corrected chi connectivity index (χ4v) is 2.72. The van der Waals surface area contributed by atoms with E-state index in [9.17, 15) is 9.59 Å². The summed E-state index contributed by atoms with van der Waals surface area (Å²) in [6, 6.07) is 7.21. The maximum atomic E-state index is 12.6. The van der Waals surface area contributed by atoms with Crippen molar-refractivity contribution in [3.05, 3.63) is 36.4 Å². The third kappa shape index (κ3) is 4.85. The summed E-state index contributed by atoms with van der Waals surface area (Å²) >= 11 is 0. The van der Waals surface area contributed by atoms with Crippen LogP contribution in [0.25, 0.3) is 0 Å². The van der Waals surface area contributed by atoms with Crippen LogP contribution < -0.4 is 10.1 Å². The minimum absolute atomic E-state index is 0.158. The highest BCUT2D eigenvalue weighted by atomic mass is 16.5.